The Kier molecular flexibility index (Phi) is 5.41. The van der Waals surface area contributed by atoms with Gasteiger partial charge in [0, 0.05) is 20.2 Å². The third kappa shape index (κ3) is 5.23. The van der Waals surface area contributed by atoms with Crippen LogP contribution in [0.3, 0.4) is 0 Å². The Bertz CT molecular complexity index is 273. The van der Waals surface area contributed by atoms with Gasteiger partial charge in [-0.15, -0.1) is 0 Å². The third-order valence-electron chi connectivity index (χ3n) is 3.59. The first-order chi connectivity index (χ1) is 8.37. The van der Waals surface area contributed by atoms with E-state index in [2.05, 4.69) is 10.6 Å². The molecule has 1 rings (SSSR count). The molecule has 0 aromatic carbocycles. The molecule has 1 aliphatic carbocycles. The Morgan fingerprint density at radius 1 is 1.28 bits per heavy atom. The van der Waals surface area contributed by atoms with E-state index in [0.717, 1.165) is 25.7 Å². The Labute approximate surface area is 109 Å². The lowest BCUT2D eigenvalue weighted by Gasteiger charge is -2.32. The van der Waals surface area contributed by atoms with E-state index in [9.17, 15) is 9.90 Å². The van der Waals surface area contributed by atoms with Crippen LogP contribution in [0.25, 0.3) is 0 Å². The molecule has 1 saturated carbocycles. The SMILES string of the molecule is COC(C)(C)CNC(=O)NCC1(O)CCCCC1. The second-order valence-electron chi connectivity index (χ2n) is 5.79. The fraction of sp³-hybridized carbons (Fsp3) is 0.923. The fourth-order valence-corrected chi connectivity index (χ4v) is 2.06. The number of hydrogen-bond acceptors (Lipinski definition) is 3. The predicted molar refractivity (Wildman–Crippen MR) is 70.5 cm³/mol. The molecule has 0 aromatic heterocycles. The van der Waals surface area contributed by atoms with Crippen LogP contribution in [0.1, 0.15) is 46.0 Å². The van der Waals surface area contributed by atoms with Crippen molar-refractivity contribution < 1.29 is 14.6 Å². The summed E-state index contributed by atoms with van der Waals surface area (Å²) in [5, 5.41) is 15.7. The minimum Gasteiger partial charge on any atom is -0.388 e. The van der Waals surface area contributed by atoms with Crippen LogP contribution < -0.4 is 10.6 Å². The topological polar surface area (TPSA) is 70.6 Å². The van der Waals surface area contributed by atoms with Crippen LogP contribution in [-0.4, -0.2) is 42.5 Å². The average Bonchev–Trinajstić information content (AvgIpc) is 2.35. The molecule has 5 heteroatoms. The zero-order valence-corrected chi connectivity index (χ0v) is 11.7. The first-order valence-corrected chi connectivity index (χ1v) is 6.66. The van der Waals surface area contributed by atoms with Crippen LogP contribution >= 0.6 is 0 Å². The van der Waals surface area contributed by atoms with E-state index in [1.807, 2.05) is 13.8 Å². The molecule has 0 aromatic rings. The van der Waals surface area contributed by atoms with Gasteiger partial charge < -0.3 is 20.5 Å². The number of amides is 2. The van der Waals surface area contributed by atoms with Crippen LogP contribution in [0.15, 0.2) is 0 Å². The minimum atomic E-state index is -0.716. The summed E-state index contributed by atoms with van der Waals surface area (Å²) in [4.78, 5) is 11.6. The van der Waals surface area contributed by atoms with E-state index < -0.39 is 5.60 Å². The first-order valence-electron chi connectivity index (χ1n) is 6.66. The summed E-state index contributed by atoms with van der Waals surface area (Å²) in [6.07, 6.45) is 4.80. The molecule has 0 aliphatic heterocycles. The lowest BCUT2D eigenvalue weighted by Crippen LogP contribution is -2.49. The van der Waals surface area contributed by atoms with Gasteiger partial charge in [-0.3, -0.25) is 0 Å². The molecule has 5 nitrogen and oxygen atoms in total. The van der Waals surface area contributed by atoms with Gasteiger partial charge >= 0.3 is 6.03 Å². The largest absolute Gasteiger partial charge is 0.388 e. The van der Waals surface area contributed by atoms with E-state index in [-0.39, 0.29) is 11.6 Å². The Balaban J connectivity index is 2.24. The van der Waals surface area contributed by atoms with Gasteiger partial charge in [0.1, 0.15) is 0 Å². The molecular formula is C13H26N2O3. The van der Waals surface area contributed by atoms with Crippen LogP contribution in [0.2, 0.25) is 0 Å². The molecule has 106 valence electrons. The van der Waals surface area contributed by atoms with Gasteiger partial charge in [0.2, 0.25) is 0 Å². The minimum absolute atomic E-state index is 0.251. The van der Waals surface area contributed by atoms with Gasteiger partial charge in [-0.2, -0.15) is 0 Å². The van der Waals surface area contributed by atoms with E-state index in [1.165, 1.54) is 6.42 Å². The van der Waals surface area contributed by atoms with E-state index in [4.69, 9.17) is 4.74 Å². The lowest BCUT2D eigenvalue weighted by molar-refractivity contribution is 0.00642. The van der Waals surface area contributed by atoms with Crippen molar-refractivity contribution in [3.05, 3.63) is 0 Å². The summed E-state index contributed by atoms with van der Waals surface area (Å²) in [5.41, 5.74) is -1.09. The highest BCUT2D eigenvalue weighted by molar-refractivity contribution is 5.73. The van der Waals surface area contributed by atoms with E-state index in [0.29, 0.717) is 13.1 Å². The predicted octanol–water partition coefficient (Wildman–Crippen LogP) is 1.41. The van der Waals surface area contributed by atoms with Crippen LogP contribution in [0, 0.1) is 0 Å². The van der Waals surface area contributed by atoms with Crippen molar-refractivity contribution in [2.75, 3.05) is 20.2 Å². The van der Waals surface area contributed by atoms with E-state index >= 15 is 0 Å². The maximum Gasteiger partial charge on any atom is 0.314 e. The molecular weight excluding hydrogens is 232 g/mol. The molecule has 1 fully saturated rings. The number of hydrogen-bond donors (Lipinski definition) is 3. The Morgan fingerprint density at radius 2 is 1.89 bits per heavy atom. The number of nitrogens with one attached hydrogen (secondary N) is 2. The molecule has 1 aliphatic rings. The molecule has 0 unspecified atom stereocenters. The number of methoxy groups -OCH3 is 1. The van der Waals surface area contributed by atoms with Crippen molar-refractivity contribution in [1.29, 1.82) is 0 Å². The maximum atomic E-state index is 11.6. The number of urea groups is 1. The molecule has 0 atom stereocenters. The van der Waals surface area contributed by atoms with Crippen LogP contribution in [0.5, 0.6) is 0 Å². The Hall–Kier alpha value is -0.810. The van der Waals surface area contributed by atoms with Gasteiger partial charge in [0.05, 0.1) is 11.2 Å². The molecule has 0 saturated heterocycles. The van der Waals surface area contributed by atoms with Gasteiger partial charge in [-0.25, -0.2) is 4.79 Å². The summed E-state index contributed by atoms with van der Waals surface area (Å²) >= 11 is 0. The molecule has 0 heterocycles. The Morgan fingerprint density at radius 3 is 2.44 bits per heavy atom. The number of ether oxygens (including phenoxy) is 1. The summed E-state index contributed by atoms with van der Waals surface area (Å²) in [6.45, 7) is 4.57. The summed E-state index contributed by atoms with van der Waals surface area (Å²) in [5.74, 6) is 0. The van der Waals surface area contributed by atoms with Crippen molar-refractivity contribution in [3.63, 3.8) is 0 Å². The smallest absolute Gasteiger partial charge is 0.314 e. The lowest BCUT2D eigenvalue weighted by atomic mass is 9.85. The standard InChI is InChI=1S/C13H26N2O3/c1-12(2,18-3)9-14-11(16)15-10-13(17)7-5-4-6-8-13/h17H,4-10H2,1-3H3,(H2,14,15,16). The molecule has 0 bridgehead atoms. The highest BCUT2D eigenvalue weighted by Gasteiger charge is 2.29. The van der Waals surface area contributed by atoms with Crippen molar-refractivity contribution in [3.8, 4) is 0 Å². The van der Waals surface area contributed by atoms with E-state index in [1.54, 1.807) is 7.11 Å². The average molecular weight is 258 g/mol. The molecule has 2 amide bonds. The normalized spacial score (nSPS) is 19.3. The zero-order chi connectivity index (χ0) is 13.6. The van der Waals surface area contributed by atoms with Crippen molar-refractivity contribution >= 4 is 6.03 Å². The maximum absolute atomic E-state index is 11.6. The van der Waals surface area contributed by atoms with Crippen molar-refractivity contribution in [2.45, 2.75) is 57.2 Å². The van der Waals surface area contributed by atoms with Crippen LogP contribution in [0.4, 0.5) is 4.79 Å². The van der Waals surface area contributed by atoms with Crippen LogP contribution in [-0.2, 0) is 4.74 Å². The zero-order valence-electron chi connectivity index (χ0n) is 11.7. The van der Waals surface area contributed by atoms with Gasteiger partial charge in [0.15, 0.2) is 0 Å². The highest BCUT2D eigenvalue weighted by Crippen LogP contribution is 2.27. The van der Waals surface area contributed by atoms with Gasteiger partial charge in [-0.1, -0.05) is 19.3 Å². The molecule has 0 spiro atoms. The number of rotatable bonds is 5. The highest BCUT2D eigenvalue weighted by atomic mass is 16.5. The van der Waals surface area contributed by atoms with Gasteiger partial charge in [-0.05, 0) is 26.7 Å². The summed E-state index contributed by atoms with van der Waals surface area (Å²) in [7, 11) is 1.62. The summed E-state index contributed by atoms with van der Waals surface area (Å²) in [6, 6.07) is -0.251. The van der Waals surface area contributed by atoms with Crippen molar-refractivity contribution in [1.82, 2.24) is 10.6 Å². The second-order valence-corrected chi connectivity index (χ2v) is 5.79. The first kappa shape index (κ1) is 15.2. The molecule has 3 N–H and O–H groups in total. The number of carbonyl (C=O) groups excluding carboxylic acids is 1. The third-order valence-corrected chi connectivity index (χ3v) is 3.59. The quantitative estimate of drug-likeness (QED) is 0.698. The summed E-state index contributed by atoms with van der Waals surface area (Å²) < 4.78 is 5.21. The number of aliphatic hydroxyl groups is 1. The second kappa shape index (κ2) is 6.38. The molecule has 0 radical (unpaired) electrons. The number of carbonyl (C=O) groups is 1. The molecule has 18 heavy (non-hydrogen) atoms. The van der Waals surface area contributed by atoms with Gasteiger partial charge in [0.25, 0.3) is 0 Å². The monoisotopic (exact) mass is 258 g/mol. The van der Waals surface area contributed by atoms with Crippen molar-refractivity contribution in [2.24, 2.45) is 0 Å². The fourth-order valence-electron chi connectivity index (χ4n) is 2.06.